The van der Waals surface area contributed by atoms with Crippen LogP contribution in [0.15, 0.2) is 59.8 Å². The SMILES string of the molecule is C[n+]1cc(Cc2nc(N)nc(-c3cccc(-n4ccc5cc(C6CC6)cc(F)c5c4=O)c3CO)n2)cn1S(C)(=O)=O. The van der Waals surface area contributed by atoms with E-state index in [4.69, 9.17) is 5.73 Å². The summed E-state index contributed by atoms with van der Waals surface area (Å²) < 4.78 is 43.0. The van der Waals surface area contributed by atoms with Crippen LogP contribution in [-0.2, 0) is 30.1 Å². The molecule has 2 aromatic carbocycles. The summed E-state index contributed by atoms with van der Waals surface area (Å²) in [5, 5.41) is 10.9. The molecular weight excluding hydrogens is 549 g/mol. The van der Waals surface area contributed by atoms with Crippen molar-refractivity contribution in [2.75, 3.05) is 12.0 Å². The first kappa shape index (κ1) is 26.7. The molecule has 41 heavy (non-hydrogen) atoms. The Morgan fingerprint density at radius 3 is 2.63 bits per heavy atom. The Hall–Kier alpha value is -4.49. The zero-order valence-corrected chi connectivity index (χ0v) is 23.1. The molecule has 11 nitrogen and oxygen atoms in total. The fraction of sp³-hybridized carbons (Fsp3) is 0.250. The molecule has 1 saturated carbocycles. The lowest BCUT2D eigenvalue weighted by molar-refractivity contribution is -0.737. The standard InChI is InChI=1S/C28H27FN7O4S/c1-34-13-16(14-36(34)41(2,39)40)10-24-31-26(33-28(30)32-24)20-4-3-5-23(21(20)15-37)35-9-8-18-11-19(17-6-7-17)12-22(29)25(18)27(35)38/h3-5,8-9,11-14,17,37H,6-7,10,15H2,1-2H3,(H2,30,31,32,33)/q+1. The molecule has 0 spiro atoms. The van der Waals surface area contributed by atoms with Gasteiger partial charge < -0.3 is 10.8 Å². The maximum atomic E-state index is 15.1. The number of nitrogens with two attached hydrogens (primary N) is 1. The molecule has 0 amide bonds. The van der Waals surface area contributed by atoms with Crippen LogP contribution >= 0.6 is 0 Å². The summed E-state index contributed by atoms with van der Waals surface area (Å²) in [6.45, 7) is -0.465. The van der Waals surface area contributed by atoms with Gasteiger partial charge in [-0.15, -0.1) is 4.68 Å². The predicted octanol–water partition coefficient (Wildman–Crippen LogP) is 1.96. The Kier molecular flexibility index (Phi) is 6.42. The first-order chi connectivity index (χ1) is 19.5. The predicted molar refractivity (Wildman–Crippen MR) is 149 cm³/mol. The summed E-state index contributed by atoms with van der Waals surface area (Å²) in [5.74, 6) is 0.152. The fourth-order valence-corrected chi connectivity index (χ4v) is 6.01. The highest BCUT2D eigenvalue weighted by molar-refractivity contribution is 7.88. The minimum atomic E-state index is -3.51. The van der Waals surface area contributed by atoms with Gasteiger partial charge in [0.15, 0.2) is 19.1 Å². The number of nitrogen functional groups attached to an aromatic ring is 1. The molecule has 1 fully saturated rings. The topological polar surface area (TPSA) is 150 Å². The number of aliphatic hydroxyl groups excluding tert-OH is 1. The molecule has 3 aromatic heterocycles. The molecule has 13 heteroatoms. The third kappa shape index (κ3) is 4.98. The van der Waals surface area contributed by atoms with Crippen LogP contribution in [0.25, 0.3) is 27.8 Å². The van der Waals surface area contributed by atoms with Crippen molar-refractivity contribution in [1.82, 2.24) is 23.6 Å². The molecule has 5 aromatic rings. The second-order valence-electron chi connectivity index (χ2n) is 10.2. The summed E-state index contributed by atoms with van der Waals surface area (Å²) in [5.41, 5.74) is 8.09. The van der Waals surface area contributed by atoms with Crippen molar-refractivity contribution in [3.63, 3.8) is 0 Å². The van der Waals surface area contributed by atoms with Crippen LogP contribution in [0, 0.1) is 5.82 Å². The van der Waals surface area contributed by atoms with Crippen molar-refractivity contribution in [2.45, 2.75) is 31.8 Å². The molecule has 3 heterocycles. The summed E-state index contributed by atoms with van der Waals surface area (Å²) in [6, 6.07) is 10.0. The molecule has 0 bridgehead atoms. The van der Waals surface area contributed by atoms with E-state index in [9.17, 15) is 18.3 Å². The number of halogens is 1. The van der Waals surface area contributed by atoms with E-state index >= 15 is 4.39 Å². The smallest absolute Gasteiger partial charge is 0.280 e. The molecule has 6 rings (SSSR count). The van der Waals surface area contributed by atoms with Gasteiger partial charge in [0.05, 0.1) is 30.1 Å². The van der Waals surface area contributed by atoms with E-state index in [1.54, 1.807) is 43.7 Å². The normalized spacial score (nSPS) is 13.7. The van der Waals surface area contributed by atoms with Crippen molar-refractivity contribution in [1.29, 1.82) is 0 Å². The molecule has 3 N–H and O–H groups in total. The second-order valence-corrected chi connectivity index (χ2v) is 12.1. The number of benzene rings is 2. The van der Waals surface area contributed by atoms with E-state index in [0.717, 1.165) is 28.7 Å². The van der Waals surface area contributed by atoms with Crippen LogP contribution in [0.1, 0.15) is 41.3 Å². The van der Waals surface area contributed by atoms with E-state index in [1.165, 1.54) is 21.5 Å². The van der Waals surface area contributed by atoms with E-state index in [0.29, 0.717) is 33.7 Å². The van der Waals surface area contributed by atoms with Crippen molar-refractivity contribution in [3.05, 3.63) is 93.7 Å². The fourth-order valence-electron chi connectivity index (χ4n) is 5.17. The number of aromatic nitrogens is 6. The number of aliphatic hydroxyl groups is 1. The van der Waals surface area contributed by atoms with Gasteiger partial charge in [-0.05, 0) is 52.0 Å². The van der Waals surface area contributed by atoms with Gasteiger partial charge >= 0.3 is 0 Å². The average Bonchev–Trinajstić information content (AvgIpc) is 3.69. The summed E-state index contributed by atoms with van der Waals surface area (Å²) in [7, 11) is -1.90. The Bertz CT molecular complexity index is 2020. The molecule has 1 aliphatic carbocycles. The number of nitrogens with zero attached hydrogens (tertiary/aromatic N) is 6. The number of aryl methyl sites for hydroxylation is 1. The molecule has 0 radical (unpaired) electrons. The number of pyridine rings is 1. The molecule has 0 atom stereocenters. The first-order valence-corrected chi connectivity index (χ1v) is 14.7. The van der Waals surface area contributed by atoms with Crippen molar-refractivity contribution in [2.24, 2.45) is 7.05 Å². The number of hydrogen-bond acceptors (Lipinski definition) is 8. The van der Waals surface area contributed by atoms with Gasteiger partial charge in [-0.25, -0.2) is 17.8 Å². The number of hydrogen-bond donors (Lipinski definition) is 2. The van der Waals surface area contributed by atoms with E-state index in [1.807, 2.05) is 6.07 Å². The number of rotatable bonds is 7. The maximum absolute atomic E-state index is 15.1. The van der Waals surface area contributed by atoms with Gasteiger partial charge in [-0.1, -0.05) is 18.2 Å². The average molecular weight is 577 g/mol. The van der Waals surface area contributed by atoms with Crippen molar-refractivity contribution in [3.8, 4) is 17.1 Å². The third-order valence-corrected chi connectivity index (χ3v) is 8.22. The largest absolute Gasteiger partial charge is 0.392 e. The zero-order valence-electron chi connectivity index (χ0n) is 22.3. The van der Waals surface area contributed by atoms with Gasteiger partial charge in [0.25, 0.3) is 15.6 Å². The zero-order chi connectivity index (χ0) is 29.1. The van der Waals surface area contributed by atoms with Crippen LogP contribution in [0.5, 0.6) is 0 Å². The van der Waals surface area contributed by atoms with Crippen molar-refractivity contribution >= 4 is 26.7 Å². The number of anilines is 1. The first-order valence-electron chi connectivity index (χ1n) is 12.9. The molecule has 0 unspecified atom stereocenters. The summed E-state index contributed by atoms with van der Waals surface area (Å²) in [6.07, 6.45) is 7.97. The highest BCUT2D eigenvalue weighted by Crippen LogP contribution is 2.41. The second kappa shape index (κ2) is 9.85. The highest BCUT2D eigenvalue weighted by Gasteiger charge is 2.26. The Balaban J connectivity index is 1.42. The van der Waals surface area contributed by atoms with Gasteiger partial charge in [0, 0.05) is 29.3 Å². The van der Waals surface area contributed by atoms with Gasteiger partial charge in [0.1, 0.15) is 11.6 Å². The van der Waals surface area contributed by atoms with Crippen molar-refractivity contribution < 1.29 is 22.6 Å². The molecule has 210 valence electrons. The van der Waals surface area contributed by atoms with Gasteiger partial charge in [-0.2, -0.15) is 9.97 Å². The van der Waals surface area contributed by atoms with Gasteiger partial charge in [-0.3, -0.25) is 9.36 Å². The minimum Gasteiger partial charge on any atom is -0.392 e. The Morgan fingerprint density at radius 2 is 1.95 bits per heavy atom. The lowest BCUT2D eigenvalue weighted by Crippen LogP contribution is -2.41. The molecule has 1 aliphatic rings. The Morgan fingerprint density at radius 1 is 1.17 bits per heavy atom. The Labute approximate surface area is 234 Å². The summed E-state index contributed by atoms with van der Waals surface area (Å²) in [4.78, 5) is 26.5. The summed E-state index contributed by atoms with van der Waals surface area (Å²) >= 11 is 0. The van der Waals surface area contributed by atoms with Gasteiger partial charge in [0.2, 0.25) is 5.95 Å². The van der Waals surface area contributed by atoms with E-state index < -0.39 is 28.0 Å². The monoisotopic (exact) mass is 576 g/mol. The van der Waals surface area contributed by atoms with Crippen LogP contribution in [0.3, 0.4) is 0 Å². The molecular formula is C28H27FN7O4S+. The van der Waals surface area contributed by atoms with E-state index in [2.05, 4.69) is 15.0 Å². The van der Waals surface area contributed by atoms with Crippen LogP contribution in [0.2, 0.25) is 0 Å². The van der Waals surface area contributed by atoms with Crippen LogP contribution in [0.4, 0.5) is 10.3 Å². The van der Waals surface area contributed by atoms with Crippen LogP contribution < -0.4 is 16.0 Å². The number of fused-ring (bicyclic) bond motifs is 1. The van der Waals surface area contributed by atoms with E-state index in [-0.39, 0.29) is 29.4 Å². The lowest BCUT2D eigenvalue weighted by Gasteiger charge is -2.15. The maximum Gasteiger partial charge on any atom is 0.280 e. The molecule has 0 saturated heterocycles. The van der Waals surface area contributed by atoms with Crippen LogP contribution in [-0.4, -0.2) is 43.4 Å². The quantitative estimate of drug-likeness (QED) is 0.279. The molecule has 0 aliphatic heterocycles. The highest BCUT2D eigenvalue weighted by atomic mass is 32.2. The third-order valence-electron chi connectivity index (χ3n) is 7.18. The lowest BCUT2D eigenvalue weighted by atomic mass is 10.0. The minimum absolute atomic E-state index is 0.0212.